The molecule has 1 unspecified atom stereocenters. The number of unbranched alkanes of at least 4 members (excludes halogenated alkanes) is 1. The van der Waals surface area contributed by atoms with E-state index in [4.69, 9.17) is 10.5 Å². The van der Waals surface area contributed by atoms with E-state index in [0.29, 0.717) is 25.2 Å². The fourth-order valence-electron chi connectivity index (χ4n) is 3.47. The molecule has 6 nitrogen and oxygen atoms in total. The first-order valence-corrected chi connectivity index (χ1v) is 9.41. The largest absolute Gasteiger partial charge is 0.480 e. The smallest absolute Gasteiger partial charge is 0.323 e. The maximum absolute atomic E-state index is 11.6. The van der Waals surface area contributed by atoms with Crippen LogP contribution in [0, 0.1) is 0 Å². The third kappa shape index (κ3) is 7.51. The van der Waals surface area contributed by atoms with E-state index in [1.165, 1.54) is 0 Å². The molecule has 1 atom stereocenters. The van der Waals surface area contributed by atoms with Gasteiger partial charge in [0.25, 0.3) is 6.92 Å². The number of carboxylic acids is 1. The van der Waals surface area contributed by atoms with Gasteiger partial charge in [0, 0.05) is 19.3 Å². The molecule has 0 aromatic carbocycles. The highest BCUT2D eigenvalue weighted by Crippen LogP contribution is 2.21. The Hall–Kier alpha value is -0.625. The van der Waals surface area contributed by atoms with Crippen LogP contribution >= 0.6 is 0 Å². The van der Waals surface area contributed by atoms with Crippen molar-refractivity contribution in [1.82, 2.24) is 4.90 Å². The zero-order valence-corrected chi connectivity index (χ0v) is 15.4. The summed E-state index contributed by atoms with van der Waals surface area (Å²) in [6, 6.07) is 0.548. The lowest BCUT2D eigenvalue weighted by Crippen LogP contribution is -2.48. The van der Waals surface area contributed by atoms with Crippen molar-refractivity contribution in [2.24, 2.45) is 5.73 Å². The summed E-state index contributed by atoms with van der Waals surface area (Å²) in [5, 5.41) is 18.8. The fraction of sp³-hybridized carbons (Fsp3) is 0.941. The molecule has 0 amide bonds. The predicted octanol–water partition coefficient (Wildman–Crippen LogP) is 1.83. The molecular formula is C17H35BN2O4. The van der Waals surface area contributed by atoms with Gasteiger partial charge in [-0.05, 0) is 51.5 Å². The Morgan fingerprint density at radius 3 is 2.46 bits per heavy atom. The van der Waals surface area contributed by atoms with Crippen LogP contribution < -0.4 is 5.73 Å². The third-order valence-electron chi connectivity index (χ3n) is 5.10. The minimum absolute atomic E-state index is 0.334. The van der Waals surface area contributed by atoms with Gasteiger partial charge in [-0.15, -0.1) is 0 Å². The molecule has 0 aliphatic carbocycles. The van der Waals surface area contributed by atoms with Crippen molar-refractivity contribution in [3.05, 3.63) is 0 Å². The van der Waals surface area contributed by atoms with Gasteiger partial charge in [0.05, 0.1) is 0 Å². The highest BCUT2D eigenvalue weighted by molar-refractivity contribution is 6.48. The van der Waals surface area contributed by atoms with Crippen molar-refractivity contribution in [3.8, 4) is 0 Å². The van der Waals surface area contributed by atoms with Crippen molar-refractivity contribution < 1.29 is 19.7 Å². The minimum atomic E-state index is -1.15. The lowest BCUT2D eigenvalue weighted by atomic mass is 9.66. The van der Waals surface area contributed by atoms with Gasteiger partial charge in [-0.1, -0.05) is 26.6 Å². The quantitative estimate of drug-likeness (QED) is 0.370. The SMILES string of the molecule is CCN(CCCC(N)(CCCCB(C)O)C(=O)O)C1CCOCC1. The Kier molecular flexibility index (Phi) is 9.89. The van der Waals surface area contributed by atoms with Gasteiger partial charge in [0.1, 0.15) is 5.54 Å². The van der Waals surface area contributed by atoms with E-state index in [2.05, 4.69) is 11.8 Å². The molecule has 1 fully saturated rings. The molecule has 7 heteroatoms. The van der Waals surface area contributed by atoms with E-state index in [1.807, 2.05) is 0 Å². The van der Waals surface area contributed by atoms with Gasteiger partial charge in [-0.25, -0.2) is 0 Å². The average Bonchev–Trinajstić information content (AvgIpc) is 2.56. The highest BCUT2D eigenvalue weighted by atomic mass is 16.5. The summed E-state index contributed by atoms with van der Waals surface area (Å²) in [6.45, 7) is 7.08. The molecule has 4 N–H and O–H groups in total. The molecule has 24 heavy (non-hydrogen) atoms. The second kappa shape index (κ2) is 11.1. The van der Waals surface area contributed by atoms with E-state index in [1.54, 1.807) is 6.82 Å². The zero-order valence-electron chi connectivity index (χ0n) is 15.4. The first-order chi connectivity index (χ1) is 11.4. The average molecular weight is 342 g/mol. The molecule has 0 bridgehead atoms. The lowest BCUT2D eigenvalue weighted by molar-refractivity contribution is -0.144. The van der Waals surface area contributed by atoms with Gasteiger partial charge >= 0.3 is 5.97 Å². The minimum Gasteiger partial charge on any atom is -0.480 e. The second-order valence-corrected chi connectivity index (χ2v) is 7.13. The van der Waals surface area contributed by atoms with Crippen molar-refractivity contribution in [2.45, 2.75) is 76.6 Å². The Balaban J connectivity index is 2.39. The van der Waals surface area contributed by atoms with Crippen LogP contribution in [0.4, 0.5) is 0 Å². The monoisotopic (exact) mass is 342 g/mol. The molecule has 0 aromatic rings. The summed E-state index contributed by atoms with van der Waals surface area (Å²) >= 11 is 0. The molecule has 140 valence electrons. The van der Waals surface area contributed by atoms with Crippen LogP contribution in [0.25, 0.3) is 0 Å². The van der Waals surface area contributed by atoms with Crippen LogP contribution in [0.15, 0.2) is 0 Å². The highest BCUT2D eigenvalue weighted by Gasteiger charge is 2.33. The fourth-order valence-corrected chi connectivity index (χ4v) is 3.47. The van der Waals surface area contributed by atoms with Gasteiger partial charge in [-0.3, -0.25) is 4.79 Å². The first kappa shape index (κ1) is 21.4. The van der Waals surface area contributed by atoms with Gasteiger partial charge < -0.3 is 25.5 Å². The normalized spacial score (nSPS) is 18.5. The van der Waals surface area contributed by atoms with Crippen LogP contribution in [0.3, 0.4) is 0 Å². The summed E-state index contributed by atoms with van der Waals surface area (Å²) < 4.78 is 5.41. The van der Waals surface area contributed by atoms with E-state index in [-0.39, 0.29) is 6.92 Å². The summed E-state index contributed by atoms with van der Waals surface area (Å²) in [4.78, 5) is 14.0. The topological polar surface area (TPSA) is 96.0 Å². The summed E-state index contributed by atoms with van der Waals surface area (Å²) in [6.07, 6.45) is 6.13. The van der Waals surface area contributed by atoms with Gasteiger partial charge in [0.2, 0.25) is 0 Å². The second-order valence-electron chi connectivity index (χ2n) is 7.13. The number of carbonyl (C=O) groups is 1. The summed E-state index contributed by atoms with van der Waals surface area (Å²) in [5.74, 6) is -0.909. The molecule has 1 aliphatic rings. The van der Waals surface area contributed by atoms with E-state index >= 15 is 0 Å². The van der Waals surface area contributed by atoms with Crippen LogP contribution in [-0.2, 0) is 9.53 Å². The third-order valence-corrected chi connectivity index (χ3v) is 5.10. The maximum atomic E-state index is 11.6. The number of hydrogen-bond acceptors (Lipinski definition) is 5. The molecule has 0 spiro atoms. The Morgan fingerprint density at radius 1 is 1.29 bits per heavy atom. The number of nitrogens with zero attached hydrogens (tertiary/aromatic N) is 1. The Morgan fingerprint density at radius 2 is 1.92 bits per heavy atom. The number of hydrogen-bond donors (Lipinski definition) is 3. The lowest BCUT2D eigenvalue weighted by Gasteiger charge is -2.34. The Labute approximate surface area is 146 Å². The molecular weight excluding hydrogens is 307 g/mol. The molecule has 0 saturated carbocycles. The number of rotatable bonds is 12. The van der Waals surface area contributed by atoms with E-state index < -0.39 is 11.5 Å². The molecule has 1 rings (SSSR count). The standard InChI is InChI=1S/C17H35BN2O4/c1-3-20(15-7-13-24-14-8-15)12-6-10-17(19,16(21)22)9-4-5-11-18(2)23/h15,23H,3-14,19H2,1-2H3,(H,21,22). The van der Waals surface area contributed by atoms with E-state index in [9.17, 15) is 14.9 Å². The van der Waals surface area contributed by atoms with Crippen LogP contribution in [0.5, 0.6) is 0 Å². The Bertz CT molecular complexity index is 364. The summed E-state index contributed by atoms with van der Waals surface area (Å²) in [7, 11) is 0. The van der Waals surface area contributed by atoms with Crippen LogP contribution in [0.1, 0.15) is 51.9 Å². The van der Waals surface area contributed by atoms with Crippen LogP contribution in [0.2, 0.25) is 13.1 Å². The number of aliphatic carboxylic acids is 1. The van der Waals surface area contributed by atoms with Crippen molar-refractivity contribution in [3.63, 3.8) is 0 Å². The molecule has 1 aliphatic heterocycles. The number of ether oxygens (including phenoxy) is 1. The molecule has 1 heterocycles. The first-order valence-electron chi connectivity index (χ1n) is 9.41. The zero-order chi connectivity index (χ0) is 18.0. The van der Waals surface area contributed by atoms with Crippen molar-refractivity contribution in [1.29, 1.82) is 0 Å². The molecule has 0 aromatic heterocycles. The summed E-state index contributed by atoms with van der Waals surface area (Å²) in [5.41, 5.74) is 5.02. The molecule has 0 radical (unpaired) electrons. The van der Waals surface area contributed by atoms with Gasteiger partial charge in [-0.2, -0.15) is 0 Å². The number of nitrogens with two attached hydrogens (primary N) is 1. The van der Waals surface area contributed by atoms with E-state index in [0.717, 1.165) is 58.4 Å². The predicted molar refractivity (Wildman–Crippen MR) is 97.4 cm³/mol. The molecule has 1 saturated heterocycles. The van der Waals surface area contributed by atoms with Gasteiger partial charge in [0.15, 0.2) is 0 Å². The maximum Gasteiger partial charge on any atom is 0.323 e. The number of carboxylic acid groups (broad SMARTS) is 1. The van der Waals surface area contributed by atoms with Crippen molar-refractivity contribution in [2.75, 3.05) is 26.3 Å². The van der Waals surface area contributed by atoms with Crippen LogP contribution in [-0.4, -0.2) is 65.8 Å². The van der Waals surface area contributed by atoms with Crippen molar-refractivity contribution >= 4 is 12.9 Å².